The Labute approximate surface area is 115 Å². The maximum absolute atomic E-state index is 5.91. The molecule has 0 spiro atoms. The fourth-order valence-corrected chi connectivity index (χ4v) is 1.70. The van der Waals surface area contributed by atoms with Crippen molar-refractivity contribution in [3.8, 4) is 5.75 Å². The number of nitrogens with two attached hydrogens (primary N) is 1. The molecule has 1 aromatic heterocycles. The minimum atomic E-state index is 0.233. The molecule has 4 nitrogen and oxygen atoms in total. The number of benzene rings is 1. The van der Waals surface area contributed by atoms with Crippen molar-refractivity contribution in [2.75, 3.05) is 0 Å². The molecule has 6 heteroatoms. The summed E-state index contributed by atoms with van der Waals surface area (Å²) >= 11 is 10.9. The minimum Gasteiger partial charge on any atom is -0.485 e. The maximum atomic E-state index is 5.91. The normalized spacial score (nSPS) is 10.1. The largest absolute Gasteiger partial charge is 0.485 e. The molecular formula is C12H10ClN3OS. The van der Waals surface area contributed by atoms with Crippen LogP contribution in [0.2, 0.25) is 5.02 Å². The average Bonchev–Trinajstić information content (AvgIpc) is 2.37. The zero-order chi connectivity index (χ0) is 13.0. The molecule has 0 aliphatic heterocycles. The molecule has 0 atom stereocenters. The molecule has 0 aliphatic carbocycles. The highest BCUT2D eigenvalue weighted by molar-refractivity contribution is 7.80. The highest BCUT2D eigenvalue weighted by Crippen LogP contribution is 2.24. The summed E-state index contributed by atoms with van der Waals surface area (Å²) in [5.41, 5.74) is 6.25. The Hall–Kier alpha value is -1.72. The van der Waals surface area contributed by atoms with Crippen LogP contribution in [0.15, 0.2) is 36.7 Å². The van der Waals surface area contributed by atoms with Gasteiger partial charge in [-0.05, 0) is 24.3 Å². The summed E-state index contributed by atoms with van der Waals surface area (Å²) in [5, 5.41) is 0.555. The van der Waals surface area contributed by atoms with E-state index >= 15 is 0 Å². The number of thiocarbonyl (C=S) groups is 1. The van der Waals surface area contributed by atoms with Crippen molar-refractivity contribution in [2.45, 2.75) is 6.61 Å². The third-order valence-electron chi connectivity index (χ3n) is 2.19. The van der Waals surface area contributed by atoms with E-state index in [0.29, 0.717) is 22.2 Å². The first kappa shape index (κ1) is 12.7. The standard InChI is InChI=1S/C12H10ClN3OS/c13-8-2-3-9(12(14)18)10(6-8)17-7-11-15-4-1-5-16-11/h1-6H,7H2,(H2,14,18). The van der Waals surface area contributed by atoms with Gasteiger partial charge in [-0.1, -0.05) is 23.8 Å². The maximum Gasteiger partial charge on any atom is 0.166 e. The molecule has 2 rings (SSSR count). The lowest BCUT2D eigenvalue weighted by molar-refractivity contribution is 0.295. The van der Waals surface area contributed by atoms with E-state index in [9.17, 15) is 0 Å². The molecule has 1 aromatic carbocycles. The highest BCUT2D eigenvalue weighted by Gasteiger charge is 2.08. The van der Waals surface area contributed by atoms with Crippen molar-refractivity contribution in [3.63, 3.8) is 0 Å². The Morgan fingerprint density at radius 1 is 1.33 bits per heavy atom. The summed E-state index contributed by atoms with van der Waals surface area (Å²) < 4.78 is 5.59. The van der Waals surface area contributed by atoms with E-state index in [0.717, 1.165) is 0 Å². The first-order valence-electron chi connectivity index (χ1n) is 5.15. The van der Waals surface area contributed by atoms with Crippen molar-refractivity contribution in [2.24, 2.45) is 5.73 Å². The summed E-state index contributed by atoms with van der Waals surface area (Å²) in [6.07, 6.45) is 3.30. The molecule has 0 radical (unpaired) electrons. The Kier molecular flexibility index (Phi) is 4.07. The van der Waals surface area contributed by atoms with E-state index in [2.05, 4.69) is 9.97 Å². The van der Waals surface area contributed by atoms with Crippen LogP contribution in [0.25, 0.3) is 0 Å². The van der Waals surface area contributed by atoms with E-state index in [1.807, 2.05) is 0 Å². The van der Waals surface area contributed by atoms with Gasteiger partial charge >= 0.3 is 0 Å². The number of ether oxygens (including phenoxy) is 1. The topological polar surface area (TPSA) is 61.0 Å². The molecule has 2 N–H and O–H groups in total. The van der Waals surface area contributed by atoms with Gasteiger partial charge in [0.25, 0.3) is 0 Å². The lowest BCUT2D eigenvalue weighted by Gasteiger charge is -2.10. The molecule has 0 saturated heterocycles. The van der Waals surface area contributed by atoms with Gasteiger partial charge in [-0.3, -0.25) is 0 Å². The number of hydrogen-bond donors (Lipinski definition) is 1. The Morgan fingerprint density at radius 3 is 2.72 bits per heavy atom. The average molecular weight is 280 g/mol. The number of rotatable bonds is 4. The number of aromatic nitrogens is 2. The van der Waals surface area contributed by atoms with E-state index < -0.39 is 0 Å². The SMILES string of the molecule is NC(=S)c1ccc(Cl)cc1OCc1ncccn1. The van der Waals surface area contributed by atoms with Crippen LogP contribution >= 0.6 is 23.8 Å². The number of hydrogen-bond acceptors (Lipinski definition) is 4. The van der Waals surface area contributed by atoms with E-state index in [-0.39, 0.29) is 11.6 Å². The third-order valence-corrected chi connectivity index (χ3v) is 2.64. The molecule has 0 aliphatic rings. The van der Waals surface area contributed by atoms with Crippen LogP contribution in [0, 0.1) is 0 Å². The molecule has 2 aromatic rings. The molecule has 1 heterocycles. The van der Waals surface area contributed by atoms with Crippen LogP contribution in [0.5, 0.6) is 5.75 Å². The molecule has 0 saturated carbocycles. The quantitative estimate of drug-likeness (QED) is 0.871. The second-order valence-electron chi connectivity index (χ2n) is 3.46. The summed E-state index contributed by atoms with van der Waals surface area (Å²) in [6, 6.07) is 6.84. The minimum absolute atomic E-state index is 0.233. The summed E-state index contributed by atoms with van der Waals surface area (Å²) in [7, 11) is 0. The van der Waals surface area contributed by atoms with E-state index in [4.69, 9.17) is 34.3 Å². The summed E-state index contributed by atoms with van der Waals surface area (Å²) in [6.45, 7) is 0.233. The van der Waals surface area contributed by atoms with Gasteiger partial charge in [0.15, 0.2) is 5.82 Å². The lowest BCUT2D eigenvalue weighted by atomic mass is 10.2. The van der Waals surface area contributed by atoms with Crippen molar-refractivity contribution < 1.29 is 4.74 Å². The fraction of sp³-hybridized carbons (Fsp3) is 0.0833. The smallest absolute Gasteiger partial charge is 0.166 e. The monoisotopic (exact) mass is 279 g/mol. The first-order chi connectivity index (χ1) is 8.66. The number of halogens is 1. The molecule has 92 valence electrons. The fourth-order valence-electron chi connectivity index (χ4n) is 1.37. The van der Waals surface area contributed by atoms with Gasteiger partial charge in [0.2, 0.25) is 0 Å². The summed E-state index contributed by atoms with van der Waals surface area (Å²) in [5.74, 6) is 1.11. The first-order valence-corrected chi connectivity index (χ1v) is 5.93. The Balaban J connectivity index is 2.18. The van der Waals surface area contributed by atoms with Gasteiger partial charge in [-0.2, -0.15) is 0 Å². The van der Waals surface area contributed by atoms with Crippen molar-refractivity contribution in [1.29, 1.82) is 0 Å². The molecule has 0 amide bonds. The van der Waals surface area contributed by atoms with Crippen molar-refractivity contribution in [1.82, 2.24) is 9.97 Å². The molecule has 0 unspecified atom stereocenters. The zero-order valence-corrected chi connectivity index (χ0v) is 10.9. The second kappa shape index (κ2) is 5.75. The predicted molar refractivity (Wildman–Crippen MR) is 73.7 cm³/mol. The third kappa shape index (κ3) is 3.15. The lowest BCUT2D eigenvalue weighted by Crippen LogP contribution is -2.12. The Bertz CT molecular complexity index is 563. The molecule has 18 heavy (non-hydrogen) atoms. The van der Waals surface area contributed by atoms with Crippen LogP contribution in [0.3, 0.4) is 0 Å². The zero-order valence-electron chi connectivity index (χ0n) is 9.34. The van der Waals surface area contributed by atoms with Gasteiger partial charge in [-0.25, -0.2) is 9.97 Å². The summed E-state index contributed by atoms with van der Waals surface area (Å²) in [4.78, 5) is 8.37. The van der Waals surface area contributed by atoms with E-state index in [1.54, 1.807) is 36.7 Å². The van der Waals surface area contributed by atoms with Crippen LogP contribution < -0.4 is 10.5 Å². The Morgan fingerprint density at radius 2 is 2.06 bits per heavy atom. The van der Waals surface area contributed by atoms with Gasteiger partial charge < -0.3 is 10.5 Å². The molecular weight excluding hydrogens is 270 g/mol. The van der Waals surface area contributed by atoms with Crippen molar-refractivity contribution >= 4 is 28.8 Å². The number of nitrogens with zero attached hydrogens (tertiary/aromatic N) is 2. The van der Waals surface area contributed by atoms with Crippen LogP contribution in [-0.2, 0) is 6.61 Å². The molecule has 0 bridgehead atoms. The molecule has 0 fully saturated rings. The van der Waals surface area contributed by atoms with E-state index in [1.165, 1.54) is 0 Å². The van der Waals surface area contributed by atoms with Gasteiger partial charge in [-0.15, -0.1) is 0 Å². The van der Waals surface area contributed by atoms with Gasteiger partial charge in [0.1, 0.15) is 17.3 Å². The van der Waals surface area contributed by atoms with Crippen molar-refractivity contribution in [3.05, 3.63) is 53.1 Å². The predicted octanol–water partition coefficient (Wildman–Crippen LogP) is 2.34. The van der Waals surface area contributed by atoms with Gasteiger partial charge in [0, 0.05) is 17.4 Å². The van der Waals surface area contributed by atoms with Crippen LogP contribution in [-0.4, -0.2) is 15.0 Å². The van der Waals surface area contributed by atoms with Crippen LogP contribution in [0.4, 0.5) is 0 Å². The van der Waals surface area contributed by atoms with Gasteiger partial charge in [0.05, 0.1) is 5.56 Å². The highest BCUT2D eigenvalue weighted by atomic mass is 35.5. The second-order valence-corrected chi connectivity index (χ2v) is 4.33. The van der Waals surface area contributed by atoms with Crippen LogP contribution in [0.1, 0.15) is 11.4 Å².